The Morgan fingerprint density at radius 3 is 2.81 bits per heavy atom. The maximum absolute atomic E-state index is 12.6. The largest absolute Gasteiger partial charge is 0.482 e. The molecule has 0 fully saturated rings. The molecule has 2 heterocycles. The molecule has 1 aromatic carbocycles. The Labute approximate surface area is 157 Å². The van der Waals surface area contributed by atoms with Crippen molar-refractivity contribution in [3.63, 3.8) is 0 Å². The smallest absolute Gasteiger partial charge is 0.262 e. The zero-order valence-electron chi connectivity index (χ0n) is 14.8. The van der Waals surface area contributed by atoms with E-state index in [0.717, 1.165) is 11.1 Å². The van der Waals surface area contributed by atoms with E-state index in [4.69, 9.17) is 4.74 Å². The fourth-order valence-corrected chi connectivity index (χ4v) is 2.79. The molecule has 1 aliphatic rings. The van der Waals surface area contributed by atoms with Crippen molar-refractivity contribution in [2.24, 2.45) is 7.05 Å². The summed E-state index contributed by atoms with van der Waals surface area (Å²) in [5.74, 6) is 0.291. The van der Waals surface area contributed by atoms with Gasteiger partial charge in [0.15, 0.2) is 6.61 Å². The standard InChI is InChI=1S/C17H21N5O3.ClH/c1-10(11-4-5-14-13(6-11)21-15(23)9-25-14)20-17(24)16(18-2)12-7-19-22(3)8-12;/h4-8,10,16,18H,9H2,1-3H3,(H,20,24)(H,21,23);1H. The van der Waals surface area contributed by atoms with E-state index in [-0.39, 0.29) is 36.9 Å². The molecule has 0 saturated carbocycles. The van der Waals surface area contributed by atoms with E-state index in [0.29, 0.717) is 11.4 Å². The van der Waals surface area contributed by atoms with Crippen molar-refractivity contribution in [1.29, 1.82) is 0 Å². The number of ether oxygens (including phenoxy) is 1. The van der Waals surface area contributed by atoms with Crippen molar-refractivity contribution < 1.29 is 14.3 Å². The van der Waals surface area contributed by atoms with Crippen LogP contribution in [0.15, 0.2) is 30.6 Å². The lowest BCUT2D eigenvalue weighted by Crippen LogP contribution is -2.37. The Morgan fingerprint density at radius 1 is 1.38 bits per heavy atom. The molecule has 8 nitrogen and oxygen atoms in total. The Kier molecular flexibility index (Phi) is 6.23. The number of halogens is 1. The maximum Gasteiger partial charge on any atom is 0.262 e. The van der Waals surface area contributed by atoms with Gasteiger partial charge >= 0.3 is 0 Å². The van der Waals surface area contributed by atoms with Crippen molar-refractivity contribution in [3.05, 3.63) is 41.7 Å². The molecular weight excluding hydrogens is 358 g/mol. The summed E-state index contributed by atoms with van der Waals surface area (Å²) in [6.45, 7) is 1.91. The van der Waals surface area contributed by atoms with Crippen LogP contribution < -0.4 is 20.7 Å². The number of fused-ring (bicyclic) bond motifs is 1. The first kappa shape index (κ1) is 19.7. The van der Waals surface area contributed by atoms with E-state index < -0.39 is 6.04 Å². The van der Waals surface area contributed by atoms with Crippen LogP contribution in [0.3, 0.4) is 0 Å². The molecule has 140 valence electrons. The second-order valence-electron chi connectivity index (χ2n) is 5.99. The average Bonchev–Trinajstić information content (AvgIpc) is 3.00. The van der Waals surface area contributed by atoms with Crippen molar-refractivity contribution >= 4 is 29.9 Å². The van der Waals surface area contributed by atoms with Gasteiger partial charge in [-0.25, -0.2) is 0 Å². The van der Waals surface area contributed by atoms with Gasteiger partial charge in [0.1, 0.15) is 11.8 Å². The summed E-state index contributed by atoms with van der Waals surface area (Å²) >= 11 is 0. The van der Waals surface area contributed by atoms with Crippen LogP contribution in [-0.2, 0) is 16.6 Å². The normalized spacial score (nSPS) is 15.0. The van der Waals surface area contributed by atoms with Crippen molar-refractivity contribution in [1.82, 2.24) is 20.4 Å². The SMILES string of the molecule is CNC(C(=O)NC(C)c1ccc2c(c1)NC(=O)CO2)c1cnn(C)c1.Cl. The van der Waals surface area contributed by atoms with Crippen LogP contribution in [0.5, 0.6) is 5.75 Å². The number of hydrogen-bond donors (Lipinski definition) is 3. The van der Waals surface area contributed by atoms with E-state index in [1.807, 2.05) is 19.1 Å². The third kappa shape index (κ3) is 4.14. The van der Waals surface area contributed by atoms with Gasteiger partial charge in [0.25, 0.3) is 5.91 Å². The van der Waals surface area contributed by atoms with E-state index in [1.54, 1.807) is 37.2 Å². The minimum atomic E-state index is -0.489. The van der Waals surface area contributed by atoms with Gasteiger partial charge in [-0.05, 0) is 31.7 Å². The molecule has 0 aliphatic carbocycles. The number of benzene rings is 1. The number of hydrogen-bond acceptors (Lipinski definition) is 5. The van der Waals surface area contributed by atoms with Gasteiger partial charge in [0, 0.05) is 18.8 Å². The zero-order chi connectivity index (χ0) is 18.0. The predicted molar refractivity (Wildman–Crippen MR) is 99.4 cm³/mol. The average molecular weight is 380 g/mol. The van der Waals surface area contributed by atoms with Gasteiger partial charge in [-0.15, -0.1) is 12.4 Å². The second kappa shape index (κ2) is 8.20. The Balaban J connectivity index is 0.00000243. The van der Waals surface area contributed by atoms with E-state index >= 15 is 0 Å². The molecule has 3 N–H and O–H groups in total. The molecule has 2 unspecified atom stereocenters. The Morgan fingerprint density at radius 2 is 2.15 bits per heavy atom. The quantitative estimate of drug-likeness (QED) is 0.727. The third-order valence-corrected chi connectivity index (χ3v) is 4.10. The number of aryl methyl sites for hydroxylation is 1. The van der Waals surface area contributed by atoms with Gasteiger partial charge in [-0.3, -0.25) is 14.3 Å². The van der Waals surface area contributed by atoms with Gasteiger partial charge in [0.05, 0.1) is 17.9 Å². The highest BCUT2D eigenvalue weighted by Gasteiger charge is 2.23. The number of carbonyl (C=O) groups is 2. The number of nitrogens with zero attached hydrogens (tertiary/aromatic N) is 2. The molecule has 3 rings (SSSR count). The molecule has 1 aliphatic heterocycles. The number of aromatic nitrogens is 2. The van der Waals surface area contributed by atoms with E-state index in [9.17, 15) is 9.59 Å². The first-order chi connectivity index (χ1) is 12.0. The third-order valence-electron chi connectivity index (χ3n) is 4.10. The molecule has 0 saturated heterocycles. The maximum atomic E-state index is 12.6. The molecule has 2 amide bonds. The number of nitrogens with one attached hydrogen (secondary N) is 3. The Bertz CT molecular complexity index is 807. The lowest BCUT2D eigenvalue weighted by Gasteiger charge is -2.22. The van der Waals surface area contributed by atoms with E-state index in [1.165, 1.54) is 0 Å². The number of amides is 2. The molecule has 1 aromatic heterocycles. The molecule has 26 heavy (non-hydrogen) atoms. The summed E-state index contributed by atoms with van der Waals surface area (Å²) in [5.41, 5.74) is 2.28. The fraction of sp³-hybridized carbons (Fsp3) is 0.353. The lowest BCUT2D eigenvalue weighted by atomic mass is 10.0. The van der Waals surface area contributed by atoms with Crippen LogP contribution in [0.4, 0.5) is 5.69 Å². The Hall–Kier alpha value is -2.58. The molecule has 0 spiro atoms. The highest BCUT2D eigenvalue weighted by molar-refractivity contribution is 5.95. The van der Waals surface area contributed by atoms with Crippen LogP contribution >= 0.6 is 12.4 Å². The minimum Gasteiger partial charge on any atom is -0.482 e. The first-order valence-electron chi connectivity index (χ1n) is 8.00. The highest BCUT2D eigenvalue weighted by Crippen LogP contribution is 2.30. The van der Waals surface area contributed by atoms with Crippen molar-refractivity contribution in [3.8, 4) is 5.75 Å². The first-order valence-corrected chi connectivity index (χ1v) is 8.00. The van der Waals surface area contributed by atoms with Gasteiger partial charge in [-0.2, -0.15) is 5.10 Å². The lowest BCUT2D eigenvalue weighted by molar-refractivity contribution is -0.124. The monoisotopic (exact) mass is 379 g/mol. The van der Waals surface area contributed by atoms with Gasteiger partial charge in [0.2, 0.25) is 5.91 Å². The van der Waals surface area contributed by atoms with Crippen LogP contribution in [0.1, 0.15) is 30.1 Å². The van der Waals surface area contributed by atoms with Gasteiger partial charge < -0.3 is 20.7 Å². The summed E-state index contributed by atoms with van der Waals surface area (Å²) in [6.07, 6.45) is 3.47. The molecule has 0 radical (unpaired) electrons. The molecule has 0 bridgehead atoms. The highest BCUT2D eigenvalue weighted by atomic mass is 35.5. The van der Waals surface area contributed by atoms with Crippen molar-refractivity contribution in [2.45, 2.75) is 19.0 Å². The summed E-state index contributed by atoms with van der Waals surface area (Å²) in [5, 5.41) is 12.9. The summed E-state index contributed by atoms with van der Waals surface area (Å²) in [4.78, 5) is 24.1. The van der Waals surface area contributed by atoms with Crippen LogP contribution in [0.2, 0.25) is 0 Å². The van der Waals surface area contributed by atoms with Crippen LogP contribution in [0.25, 0.3) is 0 Å². The van der Waals surface area contributed by atoms with E-state index in [2.05, 4.69) is 21.0 Å². The van der Waals surface area contributed by atoms with Gasteiger partial charge in [-0.1, -0.05) is 6.07 Å². The molecule has 2 aromatic rings. The van der Waals surface area contributed by atoms with Crippen LogP contribution in [-0.4, -0.2) is 35.2 Å². The number of anilines is 1. The number of likely N-dealkylation sites (N-methyl/N-ethyl adjacent to an activating group) is 1. The minimum absolute atomic E-state index is 0. The summed E-state index contributed by atoms with van der Waals surface area (Å²) in [6, 6.07) is 4.76. The topological polar surface area (TPSA) is 97.3 Å². The summed E-state index contributed by atoms with van der Waals surface area (Å²) < 4.78 is 7.00. The fourth-order valence-electron chi connectivity index (χ4n) is 2.79. The van der Waals surface area contributed by atoms with Crippen molar-refractivity contribution in [2.75, 3.05) is 19.0 Å². The molecule has 2 atom stereocenters. The number of rotatable bonds is 5. The molecular formula is C17H22ClN5O3. The molecule has 9 heteroatoms. The second-order valence-corrected chi connectivity index (χ2v) is 5.99. The zero-order valence-corrected chi connectivity index (χ0v) is 15.6. The summed E-state index contributed by atoms with van der Waals surface area (Å²) in [7, 11) is 3.54. The van der Waals surface area contributed by atoms with Crippen LogP contribution in [0, 0.1) is 0 Å². The predicted octanol–water partition coefficient (Wildman–Crippen LogP) is 1.31. The number of carbonyl (C=O) groups excluding carboxylic acids is 2.